The van der Waals surface area contributed by atoms with Gasteiger partial charge in [0.15, 0.2) is 0 Å². The van der Waals surface area contributed by atoms with Gasteiger partial charge in [0.25, 0.3) is 5.91 Å². The Labute approximate surface area is 306 Å². The van der Waals surface area contributed by atoms with Crippen LogP contribution < -0.4 is 14.4 Å². The summed E-state index contributed by atoms with van der Waals surface area (Å²) >= 11 is 6.47. The molecular weight excluding hydrogens is 686 g/mol. The summed E-state index contributed by atoms with van der Waals surface area (Å²) in [6.45, 7) is 3.87. The lowest BCUT2D eigenvalue weighted by Gasteiger charge is -2.43. The third kappa shape index (κ3) is 8.21. The highest BCUT2D eigenvalue weighted by atomic mass is 35.5. The van der Waals surface area contributed by atoms with Crippen molar-refractivity contribution in [1.29, 1.82) is 0 Å². The van der Waals surface area contributed by atoms with Crippen molar-refractivity contribution in [2.75, 3.05) is 30.9 Å². The molecule has 2 aliphatic carbocycles. The average Bonchev–Trinajstić information content (AvgIpc) is 3.78. The first-order valence-corrected chi connectivity index (χ1v) is 20.2. The summed E-state index contributed by atoms with van der Waals surface area (Å²) in [6, 6.07) is 11.5. The van der Waals surface area contributed by atoms with Crippen LogP contribution in [0.1, 0.15) is 78.4 Å². The van der Waals surface area contributed by atoms with E-state index in [4.69, 9.17) is 21.1 Å². The Bertz CT molecular complexity index is 1940. The summed E-state index contributed by atoms with van der Waals surface area (Å²) in [6.07, 6.45) is 13.9. The van der Waals surface area contributed by atoms with Crippen LogP contribution in [-0.4, -0.2) is 57.9 Å². The normalized spacial score (nSPS) is 30.3. The molecule has 7 rings (SSSR count). The summed E-state index contributed by atoms with van der Waals surface area (Å²) < 4.78 is 35.8. The number of anilines is 1. The topological polar surface area (TPSA) is 115 Å². The molecule has 4 aliphatic rings. The fraction of sp³-hybridized carbons (Fsp3) is 0.513. The quantitative estimate of drug-likeness (QED) is 0.291. The van der Waals surface area contributed by atoms with E-state index in [1.807, 2.05) is 38.4 Å². The Kier molecular flexibility index (Phi) is 10.6. The fourth-order valence-corrected chi connectivity index (χ4v) is 10.0. The number of rotatable bonds is 4. The highest BCUT2D eigenvalue weighted by molar-refractivity contribution is 7.92. The van der Waals surface area contributed by atoms with Crippen molar-refractivity contribution >= 4 is 39.0 Å². The van der Waals surface area contributed by atoms with Crippen LogP contribution in [-0.2, 0) is 39.5 Å². The van der Waals surface area contributed by atoms with Gasteiger partial charge >= 0.3 is 0 Å². The second-order valence-corrected chi connectivity index (χ2v) is 17.3. The Morgan fingerprint density at radius 1 is 1.14 bits per heavy atom. The number of nitrogens with one attached hydrogen (secondary N) is 1. The highest BCUT2D eigenvalue weighted by Gasteiger charge is 2.45. The van der Waals surface area contributed by atoms with Crippen molar-refractivity contribution in [3.63, 3.8) is 0 Å². The summed E-state index contributed by atoms with van der Waals surface area (Å²) in [5.74, 6) is 0.00598. The van der Waals surface area contributed by atoms with Crippen molar-refractivity contribution in [2.24, 2.45) is 35.1 Å². The maximum absolute atomic E-state index is 14.6. The maximum atomic E-state index is 14.6. The smallest absolute Gasteiger partial charge is 0.286 e. The van der Waals surface area contributed by atoms with Gasteiger partial charge in [0.05, 0.1) is 30.3 Å². The second-order valence-electron chi connectivity index (χ2n) is 14.8. The summed E-state index contributed by atoms with van der Waals surface area (Å²) in [5.41, 5.74) is 4.47. The van der Waals surface area contributed by atoms with Crippen LogP contribution in [0.4, 0.5) is 5.69 Å². The van der Waals surface area contributed by atoms with E-state index < -0.39 is 15.8 Å². The molecule has 3 heterocycles. The second kappa shape index (κ2) is 15.1. The number of carbonyl (C=O) groups is 2. The van der Waals surface area contributed by atoms with Crippen LogP contribution in [0.2, 0.25) is 5.02 Å². The highest BCUT2D eigenvalue weighted by Crippen LogP contribution is 2.47. The zero-order chi connectivity index (χ0) is 35.7. The molecule has 1 N–H and O–H groups in total. The summed E-state index contributed by atoms with van der Waals surface area (Å²) in [5, 5.41) is 4.95. The van der Waals surface area contributed by atoms with Gasteiger partial charge in [-0.1, -0.05) is 36.7 Å². The van der Waals surface area contributed by atoms with Gasteiger partial charge in [-0.3, -0.25) is 19.0 Å². The molecule has 0 spiro atoms. The third-order valence-corrected chi connectivity index (χ3v) is 13.2. The lowest BCUT2D eigenvalue weighted by Crippen LogP contribution is -2.43. The van der Waals surface area contributed by atoms with Gasteiger partial charge in [-0.15, -0.1) is 4.36 Å². The lowest BCUT2D eigenvalue weighted by molar-refractivity contribution is -0.120. The van der Waals surface area contributed by atoms with Crippen molar-refractivity contribution in [3.8, 4) is 5.75 Å². The number of aromatic nitrogens is 2. The molecule has 2 fully saturated rings. The molecule has 2 aromatic carbocycles. The first-order chi connectivity index (χ1) is 24.6. The first-order valence-electron chi connectivity index (χ1n) is 18.2. The Hall–Kier alpha value is -3.67. The maximum Gasteiger partial charge on any atom is 0.286 e. The van der Waals surface area contributed by atoms with Crippen LogP contribution >= 0.6 is 11.6 Å². The zero-order valence-electron chi connectivity index (χ0n) is 29.6. The molecular formula is C39H48ClN5O5S. The van der Waals surface area contributed by atoms with E-state index in [1.54, 1.807) is 24.1 Å². The number of ether oxygens (including phenoxy) is 2. The minimum atomic E-state index is -3.47. The number of halogens is 1. The van der Waals surface area contributed by atoms with Crippen molar-refractivity contribution in [2.45, 2.75) is 70.4 Å². The van der Waals surface area contributed by atoms with Crippen LogP contribution in [0.15, 0.2) is 65.3 Å². The van der Waals surface area contributed by atoms with E-state index in [0.717, 1.165) is 54.9 Å². The molecule has 2 bridgehead atoms. The number of carbonyl (C=O) groups excluding carboxylic acids is 2. The Morgan fingerprint density at radius 3 is 2.76 bits per heavy atom. The predicted molar refractivity (Wildman–Crippen MR) is 199 cm³/mol. The van der Waals surface area contributed by atoms with Gasteiger partial charge in [-0.05, 0) is 116 Å². The lowest BCUT2D eigenvalue weighted by atomic mass is 9.70. The van der Waals surface area contributed by atoms with Gasteiger partial charge in [0, 0.05) is 49.9 Å². The molecule has 0 saturated heterocycles. The standard InChI is InChI=1S/C39H48ClN5O5S/c1-25-7-6-9-36(49-3)32-14-11-29(32)23-45-22-28-10-13-31(40)17-26(28)8-4-5-16-50-37-15-12-27(18-35(37)45)38(46)42-51(48,24-25)43-39(47)34-19-33(34)30-20-41-44(2)21-30/h6,9-10,12-13,15,17-18,20-21,25,29,32-34,36H,4-5,7-8,11,14,16,19,22-24H2,1-3H3,(H,42,43,46,47,48)/b9-6+/t25-,29-,32+,33?,34?,36-,51?/m0/s1. The van der Waals surface area contributed by atoms with Gasteiger partial charge in [-0.2, -0.15) is 5.10 Å². The van der Waals surface area contributed by atoms with Gasteiger partial charge in [-0.25, -0.2) is 4.21 Å². The molecule has 272 valence electrons. The number of methoxy groups -OCH3 is 1. The minimum Gasteiger partial charge on any atom is -0.491 e. The summed E-state index contributed by atoms with van der Waals surface area (Å²) in [7, 11) is 0.129. The van der Waals surface area contributed by atoms with Crippen molar-refractivity contribution in [3.05, 3.63) is 88.2 Å². The number of nitrogens with zero attached hydrogens (tertiary/aromatic N) is 4. The van der Waals surface area contributed by atoms with E-state index in [0.29, 0.717) is 49.1 Å². The van der Waals surface area contributed by atoms with E-state index in [-0.39, 0.29) is 35.5 Å². The third-order valence-electron chi connectivity index (χ3n) is 10.9. The van der Waals surface area contributed by atoms with Crippen LogP contribution in [0, 0.1) is 23.7 Å². The van der Waals surface area contributed by atoms with Crippen LogP contribution in [0.3, 0.4) is 0 Å². The monoisotopic (exact) mass is 733 g/mol. The number of amides is 2. The van der Waals surface area contributed by atoms with E-state index in [9.17, 15) is 13.8 Å². The van der Waals surface area contributed by atoms with Gasteiger partial charge in [0.1, 0.15) is 15.7 Å². The number of hydrogen-bond acceptors (Lipinski definition) is 7. The van der Waals surface area contributed by atoms with Crippen LogP contribution in [0.5, 0.6) is 5.75 Å². The number of hydrogen-bond donors (Lipinski definition) is 1. The van der Waals surface area contributed by atoms with Crippen LogP contribution in [0.25, 0.3) is 0 Å². The molecule has 3 unspecified atom stereocenters. The Balaban J connectivity index is 1.27. The minimum absolute atomic E-state index is 0.00328. The molecule has 3 aromatic rings. The molecule has 1 aromatic heterocycles. The fourth-order valence-electron chi connectivity index (χ4n) is 7.89. The molecule has 2 aliphatic heterocycles. The molecule has 12 heteroatoms. The molecule has 7 atom stereocenters. The number of allylic oxidation sites excluding steroid dienone is 1. The molecule has 10 nitrogen and oxygen atoms in total. The van der Waals surface area contributed by atoms with E-state index in [1.165, 1.54) is 11.1 Å². The van der Waals surface area contributed by atoms with Gasteiger partial charge in [0.2, 0.25) is 5.91 Å². The first kappa shape index (κ1) is 35.7. The summed E-state index contributed by atoms with van der Waals surface area (Å²) in [4.78, 5) is 29.9. The largest absolute Gasteiger partial charge is 0.491 e. The van der Waals surface area contributed by atoms with Crippen molar-refractivity contribution in [1.82, 2.24) is 14.5 Å². The molecule has 51 heavy (non-hydrogen) atoms. The number of fused-ring (bicyclic) bond motifs is 3. The van der Waals surface area contributed by atoms with E-state index >= 15 is 0 Å². The van der Waals surface area contributed by atoms with Crippen molar-refractivity contribution < 1.29 is 23.3 Å². The zero-order valence-corrected chi connectivity index (χ0v) is 31.2. The number of aryl methyl sites for hydroxylation is 2. The van der Waals surface area contributed by atoms with E-state index in [2.05, 4.69) is 43.4 Å². The average molecular weight is 734 g/mol. The molecule has 0 radical (unpaired) electrons. The SMILES string of the molecule is CO[C@H]1/C=C/C[C@H](C)CS(=O)(NC(=O)C2CC2c2cnn(C)c2)=NC(=O)c2ccc3c(c2)N(Cc2ccc(Cl)cc2CCCCO3)C[C@@H]2CC[C@H]21. The molecule has 2 amide bonds. The van der Waals surface area contributed by atoms with Gasteiger partial charge < -0.3 is 14.4 Å². The Morgan fingerprint density at radius 2 is 2.00 bits per heavy atom. The molecule has 2 saturated carbocycles. The predicted octanol–water partition coefficient (Wildman–Crippen LogP) is 6.88. The number of benzene rings is 2.